The summed E-state index contributed by atoms with van der Waals surface area (Å²) in [5.41, 5.74) is 0.613. The van der Waals surface area contributed by atoms with Crippen LogP contribution >= 0.6 is 11.6 Å². The Morgan fingerprint density at radius 2 is 2.06 bits per heavy atom. The third-order valence-corrected chi connectivity index (χ3v) is 2.53. The Balaban J connectivity index is 2.88. The summed E-state index contributed by atoms with van der Waals surface area (Å²) < 4.78 is 4.42. The highest BCUT2D eigenvalue weighted by atomic mass is 35.5. The van der Waals surface area contributed by atoms with E-state index in [9.17, 15) is 9.59 Å². The molecular formula is C11H11ClO4. The number of hydrogen-bond donors (Lipinski definition) is 1. The standard InChI is InChI=1S/C11H11ClO4/c1-16-11(15)8(10(13)14)6-7-4-2-3-5-9(7)12/h2-5,8H,6H2,1H3,(H,13,14). The molecule has 0 aromatic heterocycles. The number of ether oxygens (including phenoxy) is 1. The molecule has 1 N–H and O–H groups in total. The smallest absolute Gasteiger partial charge is 0.320 e. The number of benzene rings is 1. The summed E-state index contributed by atoms with van der Waals surface area (Å²) in [6, 6.07) is 6.80. The molecule has 0 saturated heterocycles. The van der Waals surface area contributed by atoms with E-state index in [1.807, 2.05) is 0 Å². The maximum Gasteiger partial charge on any atom is 0.320 e. The molecule has 0 aliphatic heterocycles. The van der Waals surface area contributed by atoms with Crippen LogP contribution in [-0.4, -0.2) is 24.2 Å². The van der Waals surface area contributed by atoms with Gasteiger partial charge in [0.1, 0.15) is 0 Å². The lowest BCUT2D eigenvalue weighted by atomic mass is 9.99. The molecular weight excluding hydrogens is 232 g/mol. The molecule has 1 rings (SSSR count). The zero-order valence-corrected chi connectivity index (χ0v) is 9.40. The van der Waals surface area contributed by atoms with Gasteiger partial charge in [-0.2, -0.15) is 0 Å². The Morgan fingerprint density at radius 1 is 1.44 bits per heavy atom. The number of carbonyl (C=O) groups is 2. The summed E-state index contributed by atoms with van der Waals surface area (Å²) in [6.45, 7) is 0. The molecule has 1 aromatic carbocycles. The largest absolute Gasteiger partial charge is 0.481 e. The number of aliphatic carboxylic acids is 1. The van der Waals surface area contributed by atoms with Crippen molar-refractivity contribution in [3.05, 3.63) is 34.9 Å². The summed E-state index contributed by atoms with van der Waals surface area (Å²) in [4.78, 5) is 22.1. The van der Waals surface area contributed by atoms with Crippen molar-refractivity contribution >= 4 is 23.5 Å². The topological polar surface area (TPSA) is 63.6 Å². The van der Waals surface area contributed by atoms with Crippen LogP contribution in [0.4, 0.5) is 0 Å². The molecule has 1 unspecified atom stereocenters. The third-order valence-electron chi connectivity index (χ3n) is 2.17. The van der Waals surface area contributed by atoms with Gasteiger partial charge in [0.05, 0.1) is 7.11 Å². The molecule has 1 atom stereocenters. The summed E-state index contributed by atoms with van der Waals surface area (Å²) in [5, 5.41) is 9.33. The van der Waals surface area contributed by atoms with Gasteiger partial charge < -0.3 is 9.84 Å². The fraction of sp³-hybridized carbons (Fsp3) is 0.273. The van der Waals surface area contributed by atoms with E-state index in [-0.39, 0.29) is 6.42 Å². The van der Waals surface area contributed by atoms with Crippen molar-refractivity contribution in [3.63, 3.8) is 0 Å². The molecule has 0 spiro atoms. The number of rotatable bonds is 4. The number of halogens is 1. The van der Waals surface area contributed by atoms with Gasteiger partial charge in [-0.05, 0) is 18.1 Å². The normalized spacial score (nSPS) is 11.9. The molecule has 5 heteroatoms. The first kappa shape index (κ1) is 12.5. The van der Waals surface area contributed by atoms with Crippen LogP contribution in [0.1, 0.15) is 5.56 Å². The highest BCUT2D eigenvalue weighted by Crippen LogP contribution is 2.19. The van der Waals surface area contributed by atoms with E-state index < -0.39 is 17.9 Å². The predicted molar refractivity (Wildman–Crippen MR) is 58.3 cm³/mol. The Hall–Kier alpha value is -1.55. The minimum atomic E-state index is -1.22. The second kappa shape index (κ2) is 5.51. The lowest BCUT2D eigenvalue weighted by Crippen LogP contribution is -2.27. The van der Waals surface area contributed by atoms with Crippen LogP contribution in [0.3, 0.4) is 0 Å². The Morgan fingerprint density at radius 3 is 2.56 bits per heavy atom. The van der Waals surface area contributed by atoms with Crippen LogP contribution in [0.15, 0.2) is 24.3 Å². The van der Waals surface area contributed by atoms with E-state index in [1.54, 1.807) is 24.3 Å². The van der Waals surface area contributed by atoms with Gasteiger partial charge in [0, 0.05) is 5.02 Å². The van der Waals surface area contributed by atoms with Crippen molar-refractivity contribution in [2.75, 3.05) is 7.11 Å². The van der Waals surface area contributed by atoms with Gasteiger partial charge in [-0.3, -0.25) is 9.59 Å². The summed E-state index contributed by atoms with van der Waals surface area (Å²) >= 11 is 5.88. The van der Waals surface area contributed by atoms with Crippen molar-refractivity contribution < 1.29 is 19.4 Å². The third kappa shape index (κ3) is 2.97. The van der Waals surface area contributed by atoms with Gasteiger partial charge >= 0.3 is 11.9 Å². The van der Waals surface area contributed by atoms with Gasteiger partial charge in [-0.15, -0.1) is 0 Å². The predicted octanol–water partition coefficient (Wildman–Crippen LogP) is 1.76. The van der Waals surface area contributed by atoms with Gasteiger partial charge in [0.2, 0.25) is 0 Å². The van der Waals surface area contributed by atoms with Crippen LogP contribution in [0, 0.1) is 5.92 Å². The minimum absolute atomic E-state index is 0.0294. The van der Waals surface area contributed by atoms with E-state index in [0.717, 1.165) is 7.11 Å². The minimum Gasteiger partial charge on any atom is -0.481 e. The molecule has 0 aliphatic carbocycles. The fourth-order valence-corrected chi connectivity index (χ4v) is 1.51. The zero-order chi connectivity index (χ0) is 12.1. The Labute approximate surface area is 97.8 Å². The van der Waals surface area contributed by atoms with E-state index in [2.05, 4.69) is 4.74 Å². The lowest BCUT2D eigenvalue weighted by Gasteiger charge is -2.10. The molecule has 16 heavy (non-hydrogen) atoms. The first-order valence-electron chi connectivity index (χ1n) is 4.60. The van der Waals surface area contributed by atoms with Crippen molar-refractivity contribution in [3.8, 4) is 0 Å². The summed E-state index contributed by atoms with van der Waals surface area (Å²) in [6.07, 6.45) is 0.0294. The number of esters is 1. The number of methoxy groups -OCH3 is 1. The SMILES string of the molecule is COC(=O)C(Cc1ccccc1Cl)C(=O)O. The molecule has 0 radical (unpaired) electrons. The molecule has 4 nitrogen and oxygen atoms in total. The highest BCUT2D eigenvalue weighted by Gasteiger charge is 2.27. The second-order valence-corrected chi connectivity index (χ2v) is 3.62. The molecule has 0 bridgehead atoms. The molecule has 0 aliphatic rings. The highest BCUT2D eigenvalue weighted by molar-refractivity contribution is 6.31. The van der Waals surface area contributed by atoms with E-state index in [4.69, 9.17) is 16.7 Å². The quantitative estimate of drug-likeness (QED) is 0.646. The van der Waals surface area contributed by atoms with Crippen LogP contribution in [-0.2, 0) is 20.7 Å². The van der Waals surface area contributed by atoms with Crippen molar-refractivity contribution in [2.24, 2.45) is 5.92 Å². The van der Waals surface area contributed by atoms with Gasteiger partial charge in [-0.25, -0.2) is 0 Å². The molecule has 1 aromatic rings. The first-order chi connectivity index (χ1) is 7.56. The van der Waals surface area contributed by atoms with Crippen molar-refractivity contribution in [1.29, 1.82) is 0 Å². The Bertz CT molecular complexity index is 403. The second-order valence-electron chi connectivity index (χ2n) is 3.21. The van der Waals surface area contributed by atoms with Crippen LogP contribution in [0.5, 0.6) is 0 Å². The van der Waals surface area contributed by atoms with Crippen LogP contribution in [0.2, 0.25) is 5.02 Å². The fourth-order valence-electron chi connectivity index (χ4n) is 1.30. The number of carboxylic acid groups (broad SMARTS) is 1. The van der Waals surface area contributed by atoms with Gasteiger partial charge in [0.15, 0.2) is 5.92 Å². The van der Waals surface area contributed by atoms with Crippen LogP contribution < -0.4 is 0 Å². The Kier molecular flexibility index (Phi) is 4.31. The maximum absolute atomic E-state index is 11.2. The van der Waals surface area contributed by atoms with Crippen LogP contribution in [0.25, 0.3) is 0 Å². The molecule has 0 saturated carbocycles. The summed E-state index contributed by atoms with van der Waals surface area (Å²) in [7, 11) is 1.16. The molecule has 0 fully saturated rings. The summed E-state index contributed by atoms with van der Waals surface area (Å²) in [5.74, 6) is -3.20. The molecule has 86 valence electrons. The van der Waals surface area contributed by atoms with Crippen molar-refractivity contribution in [2.45, 2.75) is 6.42 Å². The van der Waals surface area contributed by atoms with Gasteiger partial charge in [-0.1, -0.05) is 29.8 Å². The van der Waals surface area contributed by atoms with Crippen molar-refractivity contribution in [1.82, 2.24) is 0 Å². The average Bonchev–Trinajstić information content (AvgIpc) is 2.26. The number of carbonyl (C=O) groups excluding carboxylic acids is 1. The van der Waals surface area contributed by atoms with E-state index in [1.165, 1.54) is 0 Å². The van der Waals surface area contributed by atoms with Gasteiger partial charge in [0.25, 0.3) is 0 Å². The lowest BCUT2D eigenvalue weighted by molar-refractivity contribution is -0.156. The maximum atomic E-state index is 11.2. The monoisotopic (exact) mass is 242 g/mol. The average molecular weight is 243 g/mol. The number of hydrogen-bond acceptors (Lipinski definition) is 3. The first-order valence-corrected chi connectivity index (χ1v) is 4.98. The van der Waals surface area contributed by atoms with E-state index >= 15 is 0 Å². The molecule has 0 amide bonds. The van der Waals surface area contributed by atoms with E-state index in [0.29, 0.717) is 10.6 Å². The number of carboxylic acids is 1. The molecule has 0 heterocycles. The zero-order valence-electron chi connectivity index (χ0n) is 8.64.